The highest BCUT2D eigenvalue weighted by Gasteiger charge is 2.68. The predicted molar refractivity (Wildman–Crippen MR) is 149 cm³/mol. The highest BCUT2D eigenvalue weighted by Crippen LogP contribution is 2.67. The predicted octanol–water partition coefficient (Wildman–Crippen LogP) is 4.62. The molecular formula is C31H35N3O4S. The zero-order valence-electron chi connectivity index (χ0n) is 22.5. The molecule has 4 aliphatic carbocycles. The smallest absolute Gasteiger partial charge is 0.178 e. The highest BCUT2D eigenvalue weighted by atomic mass is 32.2. The van der Waals surface area contributed by atoms with E-state index in [4.69, 9.17) is 10.2 Å². The highest BCUT2D eigenvalue weighted by molar-refractivity contribution is 7.99. The number of imidazole rings is 1. The Morgan fingerprint density at radius 2 is 2.08 bits per heavy atom. The number of carbonyl (C=O) groups excluding carboxylic acids is 2. The second-order valence-electron chi connectivity index (χ2n) is 12.3. The van der Waals surface area contributed by atoms with Gasteiger partial charge in [0, 0.05) is 23.3 Å². The van der Waals surface area contributed by atoms with Crippen LogP contribution < -0.4 is 0 Å². The summed E-state index contributed by atoms with van der Waals surface area (Å²) in [5.74, 6) is 0.127. The van der Waals surface area contributed by atoms with Crippen molar-refractivity contribution >= 4 is 34.4 Å². The molecule has 0 radical (unpaired) electrons. The van der Waals surface area contributed by atoms with Crippen LogP contribution in [-0.2, 0) is 16.1 Å². The van der Waals surface area contributed by atoms with Gasteiger partial charge < -0.3 is 14.8 Å². The number of nitrogens with zero attached hydrogens (tertiary/aromatic N) is 3. The second kappa shape index (κ2) is 9.43. The van der Waals surface area contributed by atoms with Crippen LogP contribution in [0.15, 0.2) is 53.2 Å². The maximum atomic E-state index is 13.8. The molecular weight excluding hydrogens is 510 g/mol. The quantitative estimate of drug-likeness (QED) is 0.509. The molecule has 4 aliphatic rings. The van der Waals surface area contributed by atoms with Gasteiger partial charge in [0.1, 0.15) is 5.60 Å². The van der Waals surface area contributed by atoms with Gasteiger partial charge in [0.25, 0.3) is 0 Å². The summed E-state index contributed by atoms with van der Waals surface area (Å²) in [4.78, 5) is 30.6. The molecule has 0 spiro atoms. The first-order valence-electron chi connectivity index (χ1n) is 14.0. The zero-order valence-corrected chi connectivity index (χ0v) is 23.3. The Hall–Kier alpha value is -2.73. The molecule has 3 fully saturated rings. The Morgan fingerprint density at radius 1 is 1.28 bits per heavy atom. The summed E-state index contributed by atoms with van der Waals surface area (Å²) in [5.41, 5.74) is 0.220. The molecule has 204 valence electrons. The number of nitriles is 1. The third-order valence-corrected chi connectivity index (χ3v) is 11.5. The molecule has 1 aromatic heterocycles. The first kappa shape index (κ1) is 26.5. The van der Waals surface area contributed by atoms with Gasteiger partial charge in [-0.15, -0.1) is 0 Å². The maximum absolute atomic E-state index is 13.8. The van der Waals surface area contributed by atoms with E-state index < -0.39 is 17.1 Å². The fourth-order valence-electron chi connectivity index (χ4n) is 8.58. The number of carbonyl (C=O) groups is 2. The van der Waals surface area contributed by atoms with E-state index in [1.54, 1.807) is 12.2 Å². The van der Waals surface area contributed by atoms with Crippen molar-refractivity contribution in [1.82, 2.24) is 9.55 Å². The minimum absolute atomic E-state index is 0.00977. The average molecular weight is 546 g/mol. The molecule has 0 aliphatic heterocycles. The van der Waals surface area contributed by atoms with Gasteiger partial charge >= 0.3 is 0 Å². The molecule has 0 amide bonds. The van der Waals surface area contributed by atoms with Crippen molar-refractivity contribution in [2.24, 2.45) is 28.6 Å². The van der Waals surface area contributed by atoms with Crippen molar-refractivity contribution in [1.29, 1.82) is 5.26 Å². The lowest BCUT2D eigenvalue weighted by molar-refractivity contribution is -0.174. The van der Waals surface area contributed by atoms with Crippen molar-refractivity contribution in [2.45, 2.75) is 75.8 Å². The average Bonchev–Trinajstić information content (AvgIpc) is 3.40. The van der Waals surface area contributed by atoms with Crippen LogP contribution in [0.1, 0.15) is 52.4 Å². The van der Waals surface area contributed by atoms with Crippen molar-refractivity contribution in [3.8, 4) is 6.07 Å². The van der Waals surface area contributed by atoms with E-state index in [0.717, 1.165) is 35.9 Å². The number of hydrogen-bond donors (Lipinski definition) is 2. The molecule has 2 N–H and O–H groups in total. The fourth-order valence-corrected chi connectivity index (χ4v) is 9.59. The monoisotopic (exact) mass is 545 g/mol. The number of benzene rings is 1. The fraction of sp³-hybridized carbons (Fsp3) is 0.548. The van der Waals surface area contributed by atoms with Gasteiger partial charge in [-0.2, -0.15) is 5.26 Å². The van der Waals surface area contributed by atoms with Gasteiger partial charge in [0.2, 0.25) is 0 Å². The minimum atomic E-state index is -1.52. The van der Waals surface area contributed by atoms with Gasteiger partial charge in [-0.25, -0.2) is 4.98 Å². The van der Waals surface area contributed by atoms with Gasteiger partial charge in [-0.1, -0.05) is 49.4 Å². The van der Waals surface area contributed by atoms with Crippen LogP contribution in [-0.4, -0.2) is 48.8 Å². The standard InChI is InChI=1S/C31H35N3O4S/c1-29-12-10-20(35)16-19(29)8-9-21-22-11-13-31(38,30(22,2)17-25(36)27(21)29)26(37)18-39-28-33-23-6-3-4-7-24(23)34(28)15-5-14-32/h3-4,6-7,10,12,16,21-22,25,27,36,38H,5,8-9,11,13,15,17-18H2,1-2H3/t21?,22?,25-,27?,29?,30?,31-/m0/s1. The summed E-state index contributed by atoms with van der Waals surface area (Å²) in [6.45, 7) is 4.62. The number of Topliss-reactive ketones (excluding diaryl/α,β-unsaturated/α-hetero) is 1. The molecule has 6 rings (SSSR count). The number of aliphatic hydroxyl groups excluding tert-OH is 1. The lowest BCUT2D eigenvalue weighted by Crippen LogP contribution is -2.61. The summed E-state index contributed by atoms with van der Waals surface area (Å²) < 4.78 is 1.98. The zero-order chi connectivity index (χ0) is 27.6. The molecule has 1 heterocycles. The second-order valence-corrected chi connectivity index (χ2v) is 13.2. The molecule has 39 heavy (non-hydrogen) atoms. The van der Waals surface area contributed by atoms with Gasteiger partial charge in [0.05, 0.1) is 35.4 Å². The van der Waals surface area contributed by atoms with Crippen molar-refractivity contribution in [3.63, 3.8) is 0 Å². The third-order valence-electron chi connectivity index (χ3n) is 10.5. The normalized spacial score (nSPS) is 37.1. The van der Waals surface area contributed by atoms with Crippen LogP contribution in [0.4, 0.5) is 0 Å². The lowest BCUT2D eigenvalue weighted by Gasteiger charge is -2.59. The Morgan fingerprint density at radius 3 is 2.87 bits per heavy atom. The Bertz CT molecular complexity index is 1460. The number of aliphatic hydroxyl groups is 2. The topological polar surface area (TPSA) is 116 Å². The molecule has 2 aromatic rings. The van der Waals surface area contributed by atoms with E-state index in [1.807, 2.05) is 41.8 Å². The number of para-hydroxylation sites is 2. The Kier molecular flexibility index (Phi) is 6.41. The van der Waals surface area contributed by atoms with Crippen LogP contribution in [0.2, 0.25) is 0 Å². The van der Waals surface area contributed by atoms with Crippen LogP contribution in [0.3, 0.4) is 0 Å². The number of fused-ring (bicyclic) bond motifs is 6. The van der Waals surface area contributed by atoms with Crippen molar-refractivity contribution < 1.29 is 19.8 Å². The Balaban J connectivity index is 1.25. The van der Waals surface area contributed by atoms with E-state index in [9.17, 15) is 19.8 Å². The van der Waals surface area contributed by atoms with E-state index in [1.165, 1.54) is 11.8 Å². The van der Waals surface area contributed by atoms with Crippen molar-refractivity contribution in [3.05, 3.63) is 48.1 Å². The molecule has 7 nitrogen and oxygen atoms in total. The minimum Gasteiger partial charge on any atom is -0.393 e. The Labute approximate surface area is 233 Å². The van der Waals surface area contributed by atoms with Gasteiger partial charge in [0.15, 0.2) is 16.7 Å². The summed E-state index contributed by atoms with van der Waals surface area (Å²) in [7, 11) is 0. The molecule has 1 aromatic carbocycles. The number of allylic oxidation sites excluding steroid dienone is 4. The van der Waals surface area contributed by atoms with Crippen LogP contribution in [0, 0.1) is 39.9 Å². The van der Waals surface area contributed by atoms with E-state index in [-0.39, 0.29) is 40.5 Å². The molecule has 7 atom stereocenters. The number of rotatable bonds is 6. The molecule has 5 unspecified atom stereocenters. The SMILES string of the molecule is CC12C=CC(=O)C=C1CCC1C2[C@@H](O)CC2(C)C1CC[C@]2(O)C(=O)CSc1nc2ccccc2n1CCC#N. The van der Waals surface area contributed by atoms with Gasteiger partial charge in [-0.3, -0.25) is 9.59 Å². The summed E-state index contributed by atoms with van der Waals surface area (Å²) in [5, 5.41) is 33.5. The summed E-state index contributed by atoms with van der Waals surface area (Å²) in [6.07, 6.45) is 8.16. The molecule has 3 saturated carbocycles. The van der Waals surface area contributed by atoms with Crippen molar-refractivity contribution in [2.75, 3.05) is 5.75 Å². The largest absolute Gasteiger partial charge is 0.393 e. The molecule has 8 heteroatoms. The first-order chi connectivity index (χ1) is 18.6. The number of aromatic nitrogens is 2. The third kappa shape index (κ3) is 3.88. The molecule has 0 bridgehead atoms. The molecule has 0 saturated heterocycles. The van der Waals surface area contributed by atoms with Crippen LogP contribution in [0.25, 0.3) is 11.0 Å². The lowest BCUT2D eigenvalue weighted by atomic mass is 9.46. The number of ketones is 2. The summed E-state index contributed by atoms with van der Waals surface area (Å²) >= 11 is 1.31. The maximum Gasteiger partial charge on any atom is 0.178 e. The van der Waals surface area contributed by atoms with E-state index in [0.29, 0.717) is 31.0 Å². The summed E-state index contributed by atoms with van der Waals surface area (Å²) in [6, 6.07) is 9.92. The van der Waals surface area contributed by atoms with Gasteiger partial charge in [-0.05, 0) is 68.2 Å². The first-order valence-corrected chi connectivity index (χ1v) is 14.9. The number of hydrogen-bond acceptors (Lipinski definition) is 7. The van der Waals surface area contributed by atoms with Crippen LogP contribution in [0.5, 0.6) is 0 Å². The number of thioether (sulfide) groups is 1. The number of aryl methyl sites for hydroxylation is 1. The van der Waals surface area contributed by atoms with E-state index in [2.05, 4.69) is 13.0 Å². The van der Waals surface area contributed by atoms with Crippen LogP contribution >= 0.6 is 11.8 Å². The van der Waals surface area contributed by atoms with E-state index >= 15 is 0 Å².